The summed E-state index contributed by atoms with van der Waals surface area (Å²) in [6.45, 7) is 3.07. The van der Waals surface area contributed by atoms with Crippen LogP contribution in [0.15, 0.2) is 39.8 Å². The number of hydrogen-bond donors (Lipinski definition) is 1. The number of hydrogen-bond acceptors (Lipinski definition) is 4. The number of benzene rings is 1. The van der Waals surface area contributed by atoms with E-state index in [1.165, 1.54) is 23.0 Å². The molecule has 1 fully saturated rings. The summed E-state index contributed by atoms with van der Waals surface area (Å²) in [5.74, 6) is 0.251. The number of H-pyrrole nitrogens is 1. The minimum atomic E-state index is -4.32. The van der Waals surface area contributed by atoms with E-state index in [2.05, 4.69) is 14.7 Å². The zero-order valence-corrected chi connectivity index (χ0v) is 16.8. The minimum Gasteiger partial charge on any atom is -0.340 e. The molecule has 0 bridgehead atoms. The number of carbonyl (C=O) groups excluding carboxylic acids is 1. The Kier molecular flexibility index (Phi) is 6.96. The molecule has 10 heteroatoms. The number of aromatic amines is 1. The summed E-state index contributed by atoms with van der Waals surface area (Å²) >= 11 is 0. The van der Waals surface area contributed by atoms with Gasteiger partial charge >= 0.3 is 11.8 Å². The number of rotatable bonds is 7. The lowest BCUT2D eigenvalue weighted by molar-refractivity contribution is -0.751. The van der Waals surface area contributed by atoms with Crippen molar-refractivity contribution in [2.75, 3.05) is 33.2 Å². The predicted molar refractivity (Wildman–Crippen MR) is 101 cm³/mol. The molecule has 1 N–H and O–H groups in total. The second-order valence-corrected chi connectivity index (χ2v) is 7.78. The maximum absolute atomic E-state index is 12.8. The van der Waals surface area contributed by atoms with Crippen molar-refractivity contribution in [3.63, 3.8) is 0 Å². The van der Waals surface area contributed by atoms with Crippen molar-refractivity contribution in [1.29, 1.82) is 0 Å². The molecule has 1 saturated heterocycles. The monoisotopic (exact) mass is 427 g/mol. The van der Waals surface area contributed by atoms with Crippen molar-refractivity contribution in [3.05, 3.63) is 52.0 Å². The van der Waals surface area contributed by atoms with E-state index in [-0.39, 0.29) is 12.5 Å². The molecule has 0 radical (unpaired) electrons. The number of likely N-dealkylation sites (tertiary alicyclic amines) is 1. The number of aromatic nitrogens is 2. The Morgan fingerprint density at radius 1 is 1.33 bits per heavy atom. The zero-order valence-electron chi connectivity index (χ0n) is 16.8. The van der Waals surface area contributed by atoms with Crippen molar-refractivity contribution in [3.8, 4) is 0 Å². The Morgan fingerprint density at radius 3 is 2.70 bits per heavy atom. The molecule has 3 rings (SSSR count). The molecule has 1 aromatic heterocycles. The fourth-order valence-corrected chi connectivity index (χ4v) is 3.70. The van der Waals surface area contributed by atoms with Gasteiger partial charge in [0, 0.05) is 20.1 Å². The Labute approximate surface area is 172 Å². The first-order valence-electron chi connectivity index (χ1n) is 9.91. The van der Waals surface area contributed by atoms with Gasteiger partial charge < -0.3 is 9.80 Å². The number of alkyl halides is 3. The molecule has 2 heterocycles. The first-order valence-corrected chi connectivity index (χ1v) is 9.91. The van der Waals surface area contributed by atoms with Crippen molar-refractivity contribution in [2.45, 2.75) is 32.0 Å². The molecule has 0 aliphatic carbocycles. The van der Waals surface area contributed by atoms with E-state index in [1.807, 2.05) is 0 Å². The third kappa shape index (κ3) is 6.19. The van der Waals surface area contributed by atoms with E-state index in [0.29, 0.717) is 31.0 Å². The van der Waals surface area contributed by atoms with Gasteiger partial charge in [-0.15, -0.1) is 0 Å². The molecule has 0 atom stereocenters. The summed E-state index contributed by atoms with van der Waals surface area (Å²) in [6, 6.07) is 5.50. The van der Waals surface area contributed by atoms with Gasteiger partial charge in [0.05, 0.1) is 5.56 Å². The molecule has 7 nitrogen and oxygen atoms in total. The third-order valence-electron chi connectivity index (χ3n) is 5.47. The smallest absolute Gasteiger partial charge is 0.340 e. The summed E-state index contributed by atoms with van der Waals surface area (Å²) in [4.78, 5) is 27.2. The van der Waals surface area contributed by atoms with Crippen LogP contribution >= 0.6 is 0 Å². The van der Waals surface area contributed by atoms with Gasteiger partial charge in [0.2, 0.25) is 0 Å². The molecule has 30 heavy (non-hydrogen) atoms. The van der Waals surface area contributed by atoms with Gasteiger partial charge in [0.1, 0.15) is 0 Å². The number of halogens is 3. The van der Waals surface area contributed by atoms with E-state index in [9.17, 15) is 22.8 Å². The highest BCUT2D eigenvalue weighted by Crippen LogP contribution is 2.29. The summed E-state index contributed by atoms with van der Waals surface area (Å²) in [6.07, 6.45) is -0.698. The van der Waals surface area contributed by atoms with Gasteiger partial charge in [-0.05, 0) is 55.2 Å². The van der Waals surface area contributed by atoms with Crippen LogP contribution in [0, 0.1) is 5.92 Å². The lowest BCUT2D eigenvalue weighted by Gasteiger charge is -2.33. The lowest BCUT2D eigenvalue weighted by Crippen LogP contribution is -2.46. The highest BCUT2D eigenvalue weighted by atomic mass is 19.4. The van der Waals surface area contributed by atoms with Crippen LogP contribution in [0.5, 0.6) is 0 Å². The lowest BCUT2D eigenvalue weighted by atomic mass is 9.96. The molecule has 0 saturated carbocycles. The average molecular weight is 427 g/mol. The fraction of sp³-hybridized carbons (Fsp3) is 0.550. The highest BCUT2D eigenvalue weighted by Gasteiger charge is 2.30. The van der Waals surface area contributed by atoms with E-state index >= 15 is 0 Å². The number of nitrogens with zero attached hydrogens (tertiary/aromatic N) is 3. The molecular formula is C20H26F3N4O3+. The van der Waals surface area contributed by atoms with Crippen LogP contribution in [0.4, 0.5) is 13.2 Å². The third-order valence-corrected chi connectivity index (χ3v) is 5.47. The van der Waals surface area contributed by atoms with Gasteiger partial charge in [0.25, 0.3) is 18.6 Å². The van der Waals surface area contributed by atoms with Crippen LogP contribution in [0.2, 0.25) is 0 Å². The van der Waals surface area contributed by atoms with Gasteiger partial charge in [-0.3, -0.25) is 9.32 Å². The van der Waals surface area contributed by atoms with Gasteiger partial charge in [-0.25, -0.2) is 4.79 Å². The Balaban J connectivity index is 1.40. The normalized spacial score (nSPS) is 16.0. The maximum atomic E-state index is 12.8. The molecule has 1 aliphatic heterocycles. The predicted octanol–water partition coefficient (Wildman–Crippen LogP) is 1.69. The summed E-state index contributed by atoms with van der Waals surface area (Å²) in [7, 11) is 1.74. The number of nitrogens with one attached hydrogen (secondary N) is 1. The molecular weight excluding hydrogens is 401 g/mol. The topological polar surface area (TPSA) is 73.4 Å². The number of carbonyl (C=O) groups is 1. The molecule has 1 amide bonds. The molecule has 164 valence electrons. The van der Waals surface area contributed by atoms with Crippen molar-refractivity contribution in [2.24, 2.45) is 5.92 Å². The Morgan fingerprint density at radius 2 is 2.07 bits per heavy atom. The molecule has 1 aromatic carbocycles. The van der Waals surface area contributed by atoms with Gasteiger partial charge in [-0.1, -0.05) is 22.9 Å². The average Bonchev–Trinajstić information content (AvgIpc) is 3.11. The Bertz CT molecular complexity index is 901. The molecule has 0 spiro atoms. The van der Waals surface area contributed by atoms with Crippen LogP contribution < -0.4 is 10.3 Å². The minimum absolute atomic E-state index is 0.0120. The number of piperidine rings is 1. The quantitative estimate of drug-likeness (QED) is 0.683. The largest absolute Gasteiger partial charge is 0.426 e. The highest BCUT2D eigenvalue weighted by molar-refractivity contribution is 5.74. The molecule has 2 aromatic rings. The van der Waals surface area contributed by atoms with Gasteiger partial charge in [0.15, 0.2) is 0 Å². The Hall–Kier alpha value is -2.62. The van der Waals surface area contributed by atoms with Crippen LogP contribution in [0.1, 0.15) is 24.0 Å². The van der Waals surface area contributed by atoms with E-state index in [1.54, 1.807) is 18.0 Å². The van der Waals surface area contributed by atoms with Crippen LogP contribution in [-0.4, -0.2) is 54.2 Å². The maximum Gasteiger partial charge on any atom is 0.426 e. The second kappa shape index (κ2) is 9.46. The molecule has 0 unspecified atom stereocenters. The summed E-state index contributed by atoms with van der Waals surface area (Å²) < 4.78 is 44.3. The number of amides is 1. The van der Waals surface area contributed by atoms with Crippen molar-refractivity contribution < 1.29 is 27.2 Å². The van der Waals surface area contributed by atoms with Crippen molar-refractivity contribution in [1.82, 2.24) is 15.1 Å². The SMILES string of the molecule is CN(CC1CCN(CCc2cccc(C(F)(F)F)c2)CC1)C(=O)C[n+]1cc(=O)o[nH]1. The fourth-order valence-electron chi connectivity index (χ4n) is 3.70. The zero-order chi connectivity index (χ0) is 21.7. The first-order chi connectivity index (χ1) is 14.2. The summed E-state index contributed by atoms with van der Waals surface area (Å²) in [5, 5.41) is 2.35. The standard InChI is InChI=1S/C20H25F3N4O3/c1-25(18(28)13-27-14-19(29)30-24-27)12-16-6-9-26(10-7-16)8-5-15-3-2-4-17(11-15)20(21,22)23/h2-4,11,14,16H,5-10,12-13H2,1H3/p+1. The van der Waals surface area contributed by atoms with Crippen LogP contribution in [0.3, 0.4) is 0 Å². The van der Waals surface area contributed by atoms with Crippen LogP contribution in [-0.2, 0) is 23.9 Å². The van der Waals surface area contributed by atoms with E-state index in [4.69, 9.17) is 0 Å². The second-order valence-electron chi connectivity index (χ2n) is 7.78. The number of likely N-dealkylation sites (N-methyl/N-ethyl adjacent to an activating group) is 1. The summed E-state index contributed by atoms with van der Waals surface area (Å²) in [5.41, 5.74) is -0.459. The van der Waals surface area contributed by atoms with Crippen LogP contribution in [0.25, 0.3) is 0 Å². The van der Waals surface area contributed by atoms with Gasteiger partial charge in [-0.2, -0.15) is 13.2 Å². The first kappa shape index (κ1) is 22.1. The van der Waals surface area contributed by atoms with Crippen molar-refractivity contribution >= 4 is 5.91 Å². The molecule has 1 aliphatic rings. The van der Waals surface area contributed by atoms with E-state index in [0.717, 1.165) is 32.0 Å². The van der Waals surface area contributed by atoms with E-state index < -0.39 is 17.4 Å².